The molecule has 34 heavy (non-hydrogen) atoms. The van der Waals surface area contributed by atoms with Crippen LogP contribution in [-0.2, 0) is 21.0 Å². The highest BCUT2D eigenvalue weighted by molar-refractivity contribution is 7.89. The first-order chi connectivity index (χ1) is 16.1. The second-order valence-electron chi connectivity index (χ2n) is 8.86. The lowest BCUT2D eigenvalue weighted by Crippen LogP contribution is -2.40. The van der Waals surface area contributed by atoms with Crippen LogP contribution in [0.4, 0.5) is 13.2 Å². The van der Waals surface area contributed by atoms with Gasteiger partial charge in [-0.05, 0) is 37.1 Å². The summed E-state index contributed by atoms with van der Waals surface area (Å²) < 4.78 is 71.9. The van der Waals surface area contributed by atoms with Crippen LogP contribution in [0.2, 0.25) is 0 Å². The SMILES string of the molecule is O=C1CCN(S(=O)(=O)c2ccc(C(F)(F)F)cc2)C[C@@H]2C[C@@H](Oc3cnc(C4CC4)cn3)CN12. The molecular formula is C22H23F3N4O4S. The molecule has 2 atom stereocenters. The lowest BCUT2D eigenvalue weighted by Gasteiger charge is -2.25. The fourth-order valence-corrected chi connectivity index (χ4v) is 5.94. The molecule has 1 aromatic carbocycles. The molecule has 2 aromatic rings. The van der Waals surface area contributed by atoms with Crippen molar-refractivity contribution >= 4 is 15.9 Å². The number of fused-ring (bicyclic) bond motifs is 1. The van der Waals surface area contributed by atoms with Gasteiger partial charge in [0.2, 0.25) is 21.8 Å². The van der Waals surface area contributed by atoms with Gasteiger partial charge in [0.25, 0.3) is 0 Å². The number of carbonyl (C=O) groups is 1. The third kappa shape index (κ3) is 4.61. The number of sulfonamides is 1. The Hall–Kier alpha value is -2.73. The molecule has 3 heterocycles. The van der Waals surface area contributed by atoms with Gasteiger partial charge in [-0.2, -0.15) is 17.5 Å². The van der Waals surface area contributed by atoms with E-state index < -0.39 is 27.8 Å². The fourth-order valence-electron chi connectivity index (χ4n) is 4.46. The Labute approximate surface area is 194 Å². The summed E-state index contributed by atoms with van der Waals surface area (Å²) in [6.07, 6.45) is 0.979. The van der Waals surface area contributed by atoms with Crippen LogP contribution in [-0.4, -0.2) is 65.3 Å². The highest BCUT2D eigenvalue weighted by Gasteiger charge is 2.42. The number of benzene rings is 1. The molecule has 0 radical (unpaired) electrons. The summed E-state index contributed by atoms with van der Waals surface area (Å²) in [6, 6.07) is 3.00. The van der Waals surface area contributed by atoms with Crippen LogP contribution in [0.1, 0.15) is 42.9 Å². The van der Waals surface area contributed by atoms with Gasteiger partial charge in [0, 0.05) is 37.9 Å². The van der Waals surface area contributed by atoms with Gasteiger partial charge in [0.15, 0.2) is 0 Å². The average Bonchev–Trinajstić information content (AvgIpc) is 3.59. The summed E-state index contributed by atoms with van der Waals surface area (Å²) in [4.78, 5) is 22.7. The molecule has 1 saturated carbocycles. The summed E-state index contributed by atoms with van der Waals surface area (Å²) >= 11 is 0. The first-order valence-electron chi connectivity index (χ1n) is 11.1. The van der Waals surface area contributed by atoms with Crippen LogP contribution in [0.3, 0.4) is 0 Å². The van der Waals surface area contributed by atoms with Gasteiger partial charge in [0.1, 0.15) is 6.10 Å². The number of alkyl halides is 3. The first kappa shape index (κ1) is 23.0. The maximum absolute atomic E-state index is 13.1. The summed E-state index contributed by atoms with van der Waals surface area (Å²) in [7, 11) is -4.07. The molecule has 1 amide bonds. The molecule has 0 unspecified atom stereocenters. The zero-order chi connectivity index (χ0) is 24.1. The lowest BCUT2D eigenvalue weighted by atomic mass is 10.2. The summed E-state index contributed by atoms with van der Waals surface area (Å²) in [5.74, 6) is 0.645. The minimum atomic E-state index is -4.56. The number of amides is 1. The molecule has 182 valence electrons. The second-order valence-corrected chi connectivity index (χ2v) is 10.8. The van der Waals surface area contributed by atoms with Crippen LogP contribution < -0.4 is 4.74 Å². The van der Waals surface area contributed by atoms with E-state index in [0.717, 1.165) is 42.8 Å². The van der Waals surface area contributed by atoms with Crippen molar-refractivity contribution in [3.63, 3.8) is 0 Å². The molecule has 3 aliphatic rings. The van der Waals surface area contributed by atoms with E-state index in [4.69, 9.17) is 4.74 Å². The van der Waals surface area contributed by atoms with Crippen molar-refractivity contribution in [1.82, 2.24) is 19.2 Å². The fraction of sp³-hybridized carbons (Fsp3) is 0.500. The Balaban J connectivity index is 1.28. The van der Waals surface area contributed by atoms with Crippen molar-refractivity contribution in [3.05, 3.63) is 47.9 Å². The average molecular weight is 497 g/mol. The maximum atomic E-state index is 13.1. The molecule has 3 fully saturated rings. The maximum Gasteiger partial charge on any atom is 0.416 e. The van der Waals surface area contributed by atoms with Gasteiger partial charge < -0.3 is 9.64 Å². The molecule has 2 saturated heterocycles. The quantitative estimate of drug-likeness (QED) is 0.632. The topological polar surface area (TPSA) is 92.7 Å². The van der Waals surface area contributed by atoms with Crippen LogP contribution in [0.15, 0.2) is 41.6 Å². The standard InChI is InChI=1S/C22H23F3N4O4S/c23-22(24,25)15-3-5-18(6-4-15)34(31,32)28-8-7-21(30)29-13-17(9-16(29)12-28)33-20-11-26-19(10-27-20)14-1-2-14/h3-6,10-11,14,16-17H,1-2,7-9,12-13H2/t16-,17+/m0/s1. The first-order valence-corrected chi connectivity index (χ1v) is 12.5. The van der Waals surface area contributed by atoms with Crippen molar-refractivity contribution in [1.29, 1.82) is 0 Å². The minimum absolute atomic E-state index is 0.0149. The molecule has 0 bridgehead atoms. The summed E-state index contributed by atoms with van der Waals surface area (Å²) in [5, 5.41) is 0. The van der Waals surface area contributed by atoms with Crippen molar-refractivity contribution in [2.45, 2.75) is 54.8 Å². The molecule has 0 spiro atoms. The summed E-state index contributed by atoms with van der Waals surface area (Å²) in [5.41, 5.74) is 0.0136. The number of hydrogen-bond acceptors (Lipinski definition) is 6. The highest BCUT2D eigenvalue weighted by atomic mass is 32.2. The summed E-state index contributed by atoms with van der Waals surface area (Å²) in [6.45, 7) is 0.319. The minimum Gasteiger partial charge on any atom is -0.471 e. The Bertz CT molecular complexity index is 1170. The van der Waals surface area contributed by atoms with Gasteiger partial charge in [0.05, 0.1) is 35.1 Å². The smallest absolute Gasteiger partial charge is 0.416 e. The van der Waals surface area contributed by atoms with Crippen LogP contribution in [0.25, 0.3) is 0 Å². The van der Waals surface area contributed by atoms with E-state index in [-0.39, 0.29) is 36.4 Å². The molecular weight excluding hydrogens is 473 g/mol. The van der Waals surface area contributed by atoms with Crippen molar-refractivity contribution in [2.24, 2.45) is 0 Å². The molecule has 12 heteroatoms. The molecule has 1 aliphatic carbocycles. The third-order valence-corrected chi connectivity index (χ3v) is 8.32. The van der Waals surface area contributed by atoms with E-state index in [1.807, 2.05) is 0 Å². The van der Waals surface area contributed by atoms with E-state index in [1.54, 1.807) is 17.3 Å². The lowest BCUT2D eigenvalue weighted by molar-refractivity contribution is -0.137. The van der Waals surface area contributed by atoms with Crippen molar-refractivity contribution < 1.29 is 31.1 Å². The van der Waals surface area contributed by atoms with Gasteiger partial charge >= 0.3 is 6.18 Å². The molecule has 5 rings (SSSR count). The van der Waals surface area contributed by atoms with Gasteiger partial charge in [-0.25, -0.2) is 13.4 Å². The van der Waals surface area contributed by atoms with E-state index in [9.17, 15) is 26.4 Å². The van der Waals surface area contributed by atoms with E-state index in [2.05, 4.69) is 9.97 Å². The zero-order valence-corrected chi connectivity index (χ0v) is 18.9. The number of hydrogen-bond donors (Lipinski definition) is 0. The largest absolute Gasteiger partial charge is 0.471 e. The van der Waals surface area contributed by atoms with Gasteiger partial charge in [-0.15, -0.1) is 0 Å². The number of rotatable bonds is 5. The Morgan fingerprint density at radius 1 is 1.03 bits per heavy atom. The normalized spacial score (nSPS) is 24.1. The van der Waals surface area contributed by atoms with E-state index in [1.165, 1.54) is 4.31 Å². The number of ether oxygens (including phenoxy) is 1. The number of carbonyl (C=O) groups excluding carboxylic acids is 1. The van der Waals surface area contributed by atoms with E-state index in [0.29, 0.717) is 24.8 Å². The van der Waals surface area contributed by atoms with Crippen molar-refractivity contribution in [3.8, 4) is 5.88 Å². The monoisotopic (exact) mass is 496 g/mol. The zero-order valence-electron chi connectivity index (χ0n) is 18.1. The third-order valence-electron chi connectivity index (χ3n) is 6.44. The van der Waals surface area contributed by atoms with Crippen LogP contribution in [0, 0.1) is 0 Å². The van der Waals surface area contributed by atoms with E-state index >= 15 is 0 Å². The molecule has 2 aliphatic heterocycles. The second kappa shape index (κ2) is 8.49. The number of halogens is 3. The molecule has 8 nitrogen and oxygen atoms in total. The van der Waals surface area contributed by atoms with Crippen molar-refractivity contribution in [2.75, 3.05) is 19.6 Å². The highest BCUT2D eigenvalue weighted by Crippen LogP contribution is 2.38. The Morgan fingerprint density at radius 2 is 1.76 bits per heavy atom. The Morgan fingerprint density at radius 3 is 2.38 bits per heavy atom. The number of aromatic nitrogens is 2. The number of nitrogens with zero attached hydrogens (tertiary/aromatic N) is 4. The van der Waals surface area contributed by atoms with Gasteiger partial charge in [-0.1, -0.05) is 0 Å². The van der Waals surface area contributed by atoms with Crippen LogP contribution in [0.5, 0.6) is 5.88 Å². The predicted octanol–water partition coefficient (Wildman–Crippen LogP) is 2.82. The van der Waals surface area contributed by atoms with Crippen LogP contribution >= 0.6 is 0 Å². The molecule has 1 aromatic heterocycles. The molecule has 0 N–H and O–H groups in total. The Kier molecular flexibility index (Phi) is 5.75. The predicted molar refractivity (Wildman–Crippen MR) is 113 cm³/mol. The van der Waals surface area contributed by atoms with Gasteiger partial charge in [-0.3, -0.25) is 9.78 Å².